The molecule has 108 valence electrons. The Morgan fingerprint density at radius 1 is 1.22 bits per heavy atom. The molecule has 0 aromatic heterocycles. The Balaban J connectivity index is 2.12. The van der Waals surface area contributed by atoms with E-state index in [0.29, 0.717) is 5.41 Å². The Kier molecular flexibility index (Phi) is 7.20. The van der Waals surface area contributed by atoms with Crippen molar-refractivity contribution in [3.8, 4) is 0 Å². The predicted octanol–water partition coefficient (Wildman–Crippen LogP) is 2.51. The van der Waals surface area contributed by atoms with Crippen LogP contribution in [0.3, 0.4) is 0 Å². The van der Waals surface area contributed by atoms with Gasteiger partial charge in [-0.2, -0.15) is 0 Å². The number of methoxy groups -OCH3 is 1. The first-order valence-corrected chi connectivity index (χ1v) is 7.44. The first-order valence-electron chi connectivity index (χ1n) is 7.44. The van der Waals surface area contributed by atoms with Crippen LogP contribution >= 0.6 is 0 Å². The minimum Gasteiger partial charge on any atom is -0.383 e. The highest BCUT2D eigenvalue weighted by molar-refractivity contribution is 4.79. The zero-order valence-electron chi connectivity index (χ0n) is 12.8. The standard InChI is InChI=1S/C15H32N2O/c1-15(2)8-5-6-14(7-9-15)16-10-11-17(3)12-13-18-4/h14,16H,5-13H2,1-4H3. The summed E-state index contributed by atoms with van der Waals surface area (Å²) in [5.74, 6) is 0. The molecule has 0 spiro atoms. The third kappa shape index (κ3) is 6.72. The molecule has 1 saturated carbocycles. The first-order chi connectivity index (χ1) is 8.53. The minimum atomic E-state index is 0.561. The fourth-order valence-electron chi connectivity index (χ4n) is 2.68. The predicted molar refractivity (Wildman–Crippen MR) is 78.0 cm³/mol. The van der Waals surface area contributed by atoms with Crippen LogP contribution in [0.2, 0.25) is 0 Å². The van der Waals surface area contributed by atoms with Gasteiger partial charge in [0.15, 0.2) is 0 Å². The van der Waals surface area contributed by atoms with Crippen LogP contribution in [0.15, 0.2) is 0 Å². The summed E-state index contributed by atoms with van der Waals surface area (Å²) < 4.78 is 5.09. The van der Waals surface area contributed by atoms with Gasteiger partial charge in [0.05, 0.1) is 6.61 Å². The molecule has 0 aliphatic heterocycles. The summed E-state index contributed by atoms with van der Waals surface area (Å²) in [5, 5.41) is 3.72. The second-order valence-electron chi connectivity index (χ2n) is 6.54. The van der Waals surface area contributed by atoms with Crippen LogP contribution in [0.5, 0.6) is 0 Å². The molecule has 1 rings (SSSR count). The van der Waals surface area contributed by atoms with Crippen LogP contribution in [0.4, 0.5) is 0 Å². The molecule has 3 nitrogen and oxygen atoms in total. The van der Waals surface area contributed by atoms with Crippen molar-refractivity contribution in [1.29, 1.82) is 0 Å². The molecule has 0 aromatic carbocycles. The van der Waals surface area contributed by atoms with Crippen molar-refractivity contribution in [2.45, 2.75) is 52.0 Å². The van der Waals surface area contributed by atoms with Crippen LogP contribution in [0, 0.1) is 5.41 Å². The van der Waals surface area contributed by atoms with Crippen molar-refractivity contribution in [3.05, 3.63) is 0 Å². The maximum Gasteiger partial charge on any atom is 0.0589 e. The summed E-state index contributed by atoms with van der Waals surface area (Å²) in [5.41, 5.74) is 0.561. The minimum absolute atomic E-state index is 0.561. The van der Waals surface area contributed by atoms with Crippen molar-refractivity contribution in [3.63, 3.8) is 0 Å². The summed E-state index contributed by atoms with van der Waals surface area (Å²) in [6, 6.07) is 0.739. The van der Waals surface area contributed by atoms with Crippen LogP contribution in [0.1, 0.15) is 46.0 Å². The van der Waals surface area contributed by atoms with Gasteiger partial charge in [-0.15, -0.1) is 0 Å². The molecule has 0 aromatic rings. The highest BCUT2D eigenvalue weighted by atomic mass is 16.5. The van der Waals surface area contributed by atoms with Gasteiger partial charge in [0.1, 0.15) is 0 Å². The number of likely N-dealkylation sites (N-methyl/N-ethyl adjacent to an activating group) is 1. The summed E-state index contributed by atoms with van der Waals surface area (Å²) in [7, 11) is 3.93. The fraction of sp³-hybridized carbons (Fsp3) is 1.00. The van der Waals surface area contributed by atoms with E-state index in [1.54, 1.807) is 7.11 Å². The summed E-state index contributed by atoms with van der Waals surface area (Å²) in [6.07, 6.45) is 6.83. The molecule has 18 heavy (non-hydrogen) atoms. The molecular formula is C15H32N2O. The van der Waals surface area contributed by atoms with Crippen molar-refractivity contribution in [2.75, 3.05) is 40.4 Å². The second-order valence-corrected chi connectivity index (χ2v) is 6.54. The van der Waals surface area contributed by atoms with Gasteiger partial charge in [0.25, 0.3) is 0 Å². The van der Waals surface area contributed by atoms with Gasteiger partial charge in [-0.05, 0) is 38.1 Å². The monoisotopic (exact) mass is 256 g/mol. The molecule has 3 heteroatoms. The van der Waals surface area contributed by atoms with Crippen LogP contribution in [-0.2, 0) is 4.74 Å². The van der Waals surface area contributed by atoms with E-state index in [4.69, 9.17) is 4.74 Å². The lowest BCUT2D eigenvalue weighted by Gasteiger charge is -2.23. The van der Waals surface area contributed by atoms with E-state index in [1.807, 2.05) is 0 Å². The first kappa shape index (κ1) is 15.9. The number of ether oxygens (including phenoxy) is 1. The van der Waals surface area contributed by atoms with Gasteiger partial charge >= 0.3 is 0 Å². The number of rotatable bonds is 7. The highest BCUT2D eigenvalue weighted by Gasteiger charge is 2.23. The van der Waals surface area contributed by atoms with E-state index in [2.05, 4.69) is 31.1 Å². The molecule has 0 radical (unpaired) electrons. The Hall–Kier alpha value is -0.120. The van der Waals surface area contributed by atoms with Crippen LogP contribution in [0.25, 0.3) is 0 Å². The van der Waals surface area contributed by atoms with Crippen LogP contribution < -0.4 is 5.32 Å². The van der Waals surface area contributed by atoms with E-state index in [9.17, 15) is 0 Å². The third-order valence-corrected chi connectivity index (χ3v) is 4.18. The fourth-order valence-corrected chi connectivity index (χ4v) is 2.68. The lowest BCUT2D eigenvalue weighted by Crippen LogP contribution is -2.36. The largest absolute Gasteiger partial charge is 0.383 e. The smallest absolute Gasteiger partial charge is 0.0589 e. The maximum atomic E-state index is 5.09. The molecule has 1 N–H and O–H groups in total. The quantitative estimate of drug-likeness (QED) is 0.708. The van der Waals surface area contributed by atoms with E-state index in [0.717, 1.165) is 32.3 Å². The molecule has 0 heterocycles. The van der Waals surface area contributed by atoms with E-state index < -0.39 is 0 Å². The molecular weight excluding hydrogens is 224 g/mol. The Morgan fingerprint density at radius 2 is 2.00 bits per heavy atom. The zero-order valence-corrected chi connectivity index (χ0v) is 12.8. The number of hydrogen-bond acceptors (Lipinski definition) is 3. The van der Waals surface area contributed by atoms with Gasteiger partial charge < -0.3 is 15.0 Å². The normalized spacial score (nSPS) is 24.2. The van der Waals surface area contributed by atoms with E-state index >= 15 is 0 Å². The highest BCUT2D eigenvalue weighted by Crippen LogP contribution is 2.33. The van der Waals surface area contributed by atoms with Gasteiger partial charge in [-0.3, -0.25) is 0 Å². The van der Waals surface area contributed by atoms with Crippen molar-refractivity contribution in [2.24, 2.45) is 5.41 Å². The Labute approximate surface area is 113 Å². The zero-order chi connectivity index (χ0) is 13.4. The van der Waals surface area contributed by atoms with Crippen molar-refractivity contribution >= 4 is 0 Å². The maximum absolute atomic E-state index is 5.09. The molecule has 1 fully saturated rings. The molecule has 0 bridgehead atoms. The number of nitrogens with one attached hydrogen (secondary N) is 1. The van der Waals surface area contributed by atoms with E-state index in [1.165, 1.54) is 32.1 Å². The van der Waals surface area contributed by atoms with Gasteiger partial charge in [0.2, 0.25) is 0 Å². The average Bonchev–Trinajstić information content (AvgIpc) is 2.48. The Bertz CT molecular complexity index is 219. The van der Waals surface area contributed by atoms with Crippen molar-refractivity contribution in [1.82, 2.24) is 10.2 Å². The average molecular weight is 256 g/mol. The SMILES string of the molecule is COCCN(C)CCNC1CCCC(C)(C)CC1. The topological polar surface area (TPSA) is 24.5 Å². The molecule has 1 aliphatic carbocycles. The molecule has 1 aliphatic rings. The lowest BCUT2D eigenvalue weighted by atomic mass is 9.85. The Morgan fingerprint density at radius 3 is 2.72 bits per heavy atom. The van der Waals surface area contributed by atoms with Crippen LogP contribution in [-0.4, -0.2) is 51.3 Å². The van der Waals surface area contributed by atoms with Gasteiger partial charge in [0, 0.05) is 32.8 Å². The summed E-state index contributed by atoms with van der Waals surface area (Å²) in [6.45, 7) is 8.89. The second kappa shape index (κ2) is 8.13. The van der Waals surface area contributed by atoms with Gasteiger partial charge in [-0.1, -0.05) is 20.3 Å². The molecule has 0 amide bonds. The lowest BCUT2D eigenvalue weighted by molar-refractivity contribution is 0.161. The van der Waals surface area contributed by atoms with E-state index in [-0.39, 0.29) is 0 Å². The summed E-state index contributed by atoms with van der Waals surface area (Å²) >= 11 is 0. The molecule has 1 atom stereocenters. The number of hydrogen-bond donors (Lipinski definition) is 1. The molecule has 0 saturated heterocycles. The van der Waals surface area contributed by atoms with Gasteiger partial charge in [-0.25, -0.2) is 0 Å². The van der Waals surface area contributed by atoms with Crippen molar-refractivity contribution < 1.29 is 4.74 Å². The number of nitrogens with zero attached hydrogens (tertiary/aromatic N) is 1. The third-order valence-electron chi connectivity index (χ3n) is 4.18. The summed E-state index contributed by atoms with van der Waals surface area (Å²) in [4.78, 5) is 2.33. The molecule has 1 unspecified atom stereocenters.